The Kier molecular flexibility index (Phi) is 2.66. The van der Waals surface area contributed by atoms with Crippen LogP contribution < -0.4 is 0 Å². The van der Waals surface area contributed by atoms with E-state index in [2.05, 4.69) is 62.2 Å². The predicted octanol–water partition coefficient (Wildman–Crippen LogP) is 3.54. The van der Waals surface area contributed by atoms with E-state index in [1.807, 2.05) is 0 Å². The summed E-state index contributed by atoms with van der Waals surface area (Å²) in [6.45, 7) is 2.24. The molecule has 0 aliphatic carbocycles. The van der Waals surface area contributed by atoms with Crippen LogP contribution in [0.4, 0.5) is 5.69 Å². The summed E-state index contributed by atoms with van der Waals surface area (Å²) in [6, 6.07) is 4.43. The number of hydrogen-bond donors (Lipinski definition) is 0. The van der Waals surface area contributed by atoms with Crippen LogP contribution in [0.3, 0.4) is 0 Å². The molecule has 0 saturated carbocycles. The minimum Gasteiger partial charge on any atom is -0.356 e. The van der Waals surface area contributed by atoms with Gasteiger partial charge in [-0.25, -0.2) is 4.99 Å². The Bertz CT molecular complexity index is 454. The van der Waals surface area contributed by atoms with Gasteiger partial charge >= 0.3 is 0 Å². The maximum absolute atomic E-state index is 4.76. The standard InChI is InChI=1S/C11H10I2N2/c12-7-4-9(13)8-6-15-3-1-2-11(15)14-10(8)5-7/h4-5H,1-3,6H2. The van der Waals surface area contributed by atoms with Crippen molar-refractivity contribution >= 4 is 56.7 Å². The molecule has 0 amide bonds. The van der Waals surface area contributed by atoms with Crippen molar-refractivity contribution in [1.29, 1.82) is 0 Å². The van der Waals surface area contributed by atoms with Gasteiger partial charge in [0.15, 0.2) is 0 Å². The first-order chi connectivity index (χ1) is 7.24. The van der Waals surface area contributed by atoms with E-state index < -0.39 is 0 Å². The molecule has 0 atom stereocenters. The van der Waals surface area contributed by atoms with Crippen LogP contribution in [0.25, 0.3) is 0 Å². The Morgan fingerprint density at radius 2 is 2.13 bits per heavy atom. The van der Waals surface area contributed by atoms with Crippen LogP contribution in [-0.4, -0.2) is 17.3 Å². The first kappa shape index (κ1) is 10.3. The summed E-state index contributed by atoms with van der Waals surface area (Å²) in [7, 11) is 0. The molecule has 0 bridgehead atoms. The summed E-state index contributed by atoms with van der Waals surface area (Å²) in [5.41, 5.74) is 2.60. The number of nitrogens with zero attached hydrogens (tertiary/aromatic N) is 2. The fourth-order valence-corrected chi connectivity index (χ4v) is 4.17. The smallest absolute Gasteiger partial charge is 0.105 e. The largest absolute Gasteiger partial charge is 0.356 e. The highest BCUT2D eigenvalue weighted by Crippen LogP contribution is 2.34. The van der Waals surface area contributed by atoms with Crippen LogP contribution >= 0.6 is 45.2 Å². The molecule has 2 heterocycles. The van der Waals surface area contributed by atoms with Crippen molar-refractivity contribution in [1.82, 2.24) is 4.90 Å². The lowest BCUT2D eigenvalue weighted by atomic mass is 10.1. The molecular formula is C11H10I2N2. The fraction of sp³-hybridized carbons (Fsp3) is 0.364. The molecular weight excluding hydrogens is 414 g/mol. The molecule has 2 aliphatic heterocycles. The van der Waals surface area contributed by atoms with Gasteiger partial charge in [-0.2, -0.15) is 0 Å². The van der Waals surface area contributed by atoms with Gasteiger partial charge in [-0.3, -0.25) is 0 Å². The van der Waals surface area contributed by atoms with Gasteiger partial charge in [0, 0.05) is 32.2 Å². The zero-order valence-corrected chi connectivity index (χ0v) is 12.4. The third-order valence-corrected chi connectivity index (χ3v) is 4.51. The SMILES string of the molecule is Ic1cc(I)c2c(c1)N=C1CCCN1C2. The zero-order chi connectivity index (χ0) is 10.4. The fourth-order valence-electron chi connectivity index (χ4n) is 2.19. The second-order valence-electron chi connectivity index (χ2n) is 3.94. The minimum atomic E-state index is 1.06. The van der Waals surface area contributed by atoms with Crippen molar-refractivity contribution in [2.75, 3.05) is 6.54 Å². The van der Waals surface area contributed by atoms with E-state index in [4.69, 9.17) is 4.99 Å². The highest BCUT2D eigenvalue weighted by molar-refractivity contribution is 14.1. The van der Waals surface area contributed by atoms with Crippen LogP contribution in [0, 0.1) is 7.14 Å². The van der Waals surface area contributed by atoms with E-state index in [-0.39, 0.29) is 0 Å². The second kappa shape index (κ2) is 3.87. The summed E-state index contributed by atoms with van der Waals surface area (Å²) in [4.78, 5) is 7.18. The van der Waals surface area contributed by atoms with Crippen LogP contribution in [0.1, 0.15) is 18.4 Å². The molecule has 0 N–H and O–H groups in total. The number of amidine groups is 1. The molecule has 2 aliphatic rings. The molecule has 1 fully saturated rings. The molecule has 15 heavy (non-hydrogen) atoms. The molecule has 0 aromatic heterocycles. The second-order valence-corrected chi connectivity index (χ2v) is 6.35. The summed E-state index contributed by atoms with van der Waals surface area (Å²) in [6.07, 6.45) is 2.42. The Morgan fingerprint density at radius 1 is 1.27 bits per heavy atom. The van der Waals surface area contributed by atoms with Crippen LogP contribution in [0.2, 0.25) is 0 Å². The molecule has 78 valence electrons. The van der Waals surface area contributed by atoms with Crippen molar-refractivity contribution in [3.8, 4) is 0 Å². The lowest BCUT2D eigenvalue weighted by Crippen LogP contribution is -2.27. The summed E-state index contributed by atoms with van der Waals surface area (Å²) >= 11 is 4.79. The van der Waals surface area contributed by atoms with Gasteiger partial charge in [0.25, 0.3) is 0 Å². The van der Waals surface area contributed by atoms with E-state index in [0.717, 1.165) is 13.0 Å². The van der Waals surface area contributed by atoms with Crippen LogP contribution in [0.5, 0.6) is 0 Å². The van der Waals surface area contributed by atoms with E-state index in [1.54, 1.807) is 0 Å². The third kappa shape index (κ3) is 1.79. The topological polar surface area (TPSA) is 15.6 Å². The Hall–Kier alpha value is 0.150. The van der Waals surface area contributed by atoms with Gasteiger partial charge in [0.2, 0.25) is 0 Å². The molecule has 0 radical (unpaired) electrons. The van der Waals surface area contributed by atoms with Gasteiger partial charge in [-0.1, -0.05) is 0 Å². The Labute approximate surface area is 116 Å². The quantitative estimate of drug-likeness (QED) is 0.583. The van der Waals surface area contributed by atoms with E-state index in [9.17, 15) is 0 Å². The van der Waals surface area contributed by atoms with Gasteiger partial charge < -0.3 is 4.90 Å². The first-order valence-corrected chi connectivity index (χ1v) is 7.20. The maximum atomic E-state index is 4.76. The molecule has 3 rings (SSSR count). The third-order valence-electron chi connectivity index (χ3n) is 2.93. The number of halogens is 2. The number of rotatable bonds is 0. The molecule has 1 aromatic carbocycles. The van der Waals surface area contributed by atoms with E-state index in [1.165, 1.54) is 37.2 Å². The molecule has 0 unspecified atom stereocenters. The summed E-state index contributed by atoms with van der Waals surface area (Å²) < 4.78 is 2.63. The van der Waals surface area contributed by atoms with Crippen LogP contribution in [0.15, 0.2) is 17.1 Å². The van der Waals surface area contributed by atoms with Crippen molar-refractivity contribution < 1.29 is 0 Å². The number of aliphatic imine (C=N–C) groups is 1. The van der Waals surface area contributed by atoms with Gasteiger partial charge in [0.1, 0.15) is 5.84 Å². The Morgan fingerprint density at radius 3 is 3.00 bits per heavy atom. The number of hydrogen-bond acceptors (Lipinski definition) is 2. The van der Waals surface area contributed by atoms with Gasteiger partial charge in [0.05, 0.1) is 5.69 Å². The average molecular weight is 424 g/mol. The van der Waals surface area contributed by atoms with Crippen molar-refractivity contribution in [2.24, 2.45) is 4.99 Å². The number of fused-ring (bicyclic) bond motifs is 2. The first-order valence-electron chi connectivity index (χ1n) is 5.04. The van der Waals surface area contributed by atoms with Gasteiger partial charge in [-0.05, 0) is 63.7 Å². The molecule has 1 saturated heterocycles. The zero-order valence-electron chi connectivity index (χ0n) is 8.13. The Balaban J connectivity index is 2.15. The highest BCUT2D eigenvalue weighted by Gasteiger charge is 2.25. The predicted molar refractivity (Wildman–Crippen MR) is 78.6 cm³/mol. The molecule has 0 spiro atoms. The summed E-state index contributed by atoms with van der Waals surface area (Å²) in [5, 5.41) is 0. The van der Waals surface area contributed by atoms with E-state index >= 15 is 0 Å². The lowest BCUT2D eigenvalue weighted by Gasteiger charge is -2.25. The minimum absolute atomic E-state index is 1.06. The number of benzene rings is 1. The monoisotopic (exact) mass is 424 g/mol. The highest BCUT2D eigenvalue weighted by atomic mass is 127. The van der Waals surface area contributed by atoms with Crippen LogP contribution in [-0.2, 0) is 6.54 Å². The van der Waals surface area contributed by atoms with Gasteiger partial charge in [-0.15, -0.1) is 0 Å². The van der Waals surface area contributed by atoms with Crippen molar-refractivity contribution in [3.05, 3.63) is 24.8 Å². The molecule has 1 aromatic rings. The molecule has 4 heteroatoms. The lowest BCUT2D eigenvalue weighted by molar-refractivity contribution is 0.442. The maximum Gasteiger partial charge on any atom is 0.105 e. The van der Waals surface area contributed by atoms with Crippen molar-refractivity contribution in [2.45, 2.75) is 19.4 Å². The van der Waals surface area contributed by atoms with E-state index in [0.29, 0.717) is 0 Å². The average Bonchev–Trinajstić information content (AvgIpc) is 2.61. The normalized spacial score (nSPS) is 18.5. The molecule has 2 nitrogen and oxygen atoms in total. The van der Waals surface area contributed by atoms with Crippen molar-refractivity contribution in [3.63, 3.8) is 0 Å². The summed E-state index contributed by atoms with van der Waals surface area (Å²) in [5.74, 6) is 1.29.